The van der Waals surface area contributed by atoms with Gasteiger partial charge in [0.15, 0.2) is 0 Å². The fourth-order valence-electron chi connectivity index (χ4n) is 1.31. The summed E-state index contributed by atoms with van der Waals surface area (Å²) in [7, 11) is 0. The maximum absolute atomic E-state index is 10.7. The zero-order valence-electron chi connectivity index (χ0n) is 9.53. The first kappa shape index (κ1) is 11.8. The first-order chi connectivity index (χ1) is 8.66. The molecule has 0 aliphatic rings. The van der Waals surface area contributed by atoms with Crippen LogP contribution in [-0.2, 0) is 0 Å². The Labute approximate surface area is 102 Å². The zero-order chi connectivity index (χ0) is 13.0. The van der Waals surface area contributed by atoms with Gasteiger partial charge in [0.25, 0.3) is 0 Å². The van der Waals surface area contributed by atoms with Crippen LogP contribution >= 0.6 is 0 Å². The highest BCUT2D eigenvalue weighted by molar-refractivity contribution is 5.76. The molecule has 0 spiro atoms. The molecule has 2 aromatic rings. The lowest BCUT2D eigenvalue weighted by atomic mass is 10.4. The highest BCUT2D eigenvalue weighted by Crippen LogP contribution is 2.19. The minimum absolute atomic E-state index is 0.0852. The average molecular weight is 246 g/mol. The van der Waals surface area contributed by atoms with Crippen LogP contribution in [0.25, 0.3) is 0 Å². The summed E-state index contributed by atoms with van der Waals surface area (Å²) in [4.78, 5) is 14.0. The van der Waals surface area contributed by atoms with Crippen LogP contribution in [0.4, 0.5) is 11.5 Å². The minimum atomic E-state index is -0.526. The van der Waals surface area contributed by atoms with Crippen LogP contribution in [0, 0.1) is 17.0 Å². The normalized spacial score (nSPS) is 10.7. The van der Waals surface area contributed by atoms with Gasteiger partial charge in [0, 0.05) is 12.3 Å². The summed E-state index contributed by atoms with van der Waals surface area (Å²) in [5, 5.41) is 14.5. The summed E-state index contributed by atoms with van der Waals surface area (Å²) >= 11 is 0. The molecule has 18 heavy (non-hydrogen) atoms. The van der Waals surface area contributed by atoms with Crippen molar-refractivity contribution in [1.29, 1.82) is 0 Å². The molecule has 0 saturated heterocycles. The molecule has 2 aromatic heterocycles. The van der Waals surface area contributed by atoms with E-state index >= 15 is 0 Å². The number of pyridine rings is 1. The quantitative estimate of drug-likeness (QED) is 0.507. The molecule has 0 amide bonds. The SMILES string of the molecule is Cc1ccc(/C=N\Nc2ncccc2[N+](=O)[O-])o1. The Bertz CT molecular complexity index is 591. The summed E-state index contributed by atoms with van der Waals surface area (Å²) < 4.78 is 5.26. The smallest absolute Gasteiger partial charge is 0.313 e. The molecular formula is C11H10N4O3. The summed E-state index contributed by atoms with van der Waals surface area (Å²) in [5.74, 6) is 1.40. The highest BCUT2D eigenvalue weighted by Gasteiger charge is 2.12. The van der Waals surface area contributed by atoms with Gasteiger partial charge in [-0.1, -0.05) is 0 Å². The van der Waals surface area contributed by atoms with Crippen LogP contribution < -0.4 is 5.43 Å². The van der Waals surface area contributed by atoms with Gasteiger partial charge >= 0.3 is 5.69 Å². The molecule has 0 aromatic carbocycles. The number of furan rings is 1. The zero-order valence-corrected chi connectivity index (χ0v) is 9.53. The molecule has 2 rings (SSSR count). The van der Waals surface area contributed by atoms with Crippen LogP contribution in [0.3, 0.4) is 0 Å². The lowest BCUT2D eigenvalue weighted by Gasteiger charge is -1.98. The maximum Gasteiger partial charge on any atom is 0.313 e. The number of nitro groups is 1. The molecule has 0 aliphatic carbocycles. The molecule has 0 atom stereocenters. The van der Waals surface area contributed by atoms with Crippen molar-refractivity contribution in [3.05, 3.63) is 52.1 Å². The van der Waals surface area contributed by atoms with E-state index in [-0.39, 0.29) is 11.5 Å². The lowest BCUT2D eigenvalue weighted by molar-refractivity contribution is -0.384. The molecule has 7 heteroatoms. The number of rotatable bonds is 4. The van der Waals surface area contributed by atoms with Gasteiger partial charge in [0.05, 0.1) is 11.1 Å². The number of aromatic nitrogens is 1. The molecule has 0 radical (unpaired) electrons. The van der Waals surface area contributed by atoms with E-state index in [4.69, 9.17) is 4.42 Å². The van der Waals surface area contributed by atoms with Crippen molar-refractivity contribution in [3.8, 4) is 0 Å². The van der Waals surface area contributed by atoms with E-state index in [0.29, 0.717) is 5.76 Å². The molecular weight excluding hydrogens is 236 g/mol. The Morgan fingerprint density at radius 2 is 2.33 bits per heavy atom. The van der Waals surface area contributed by atoms with Gasteiger partial charge in [0.1, 0.15) is 11.5 Å². The van der Waals surface area contributed by atoms with Crippen molar-refractivity contribution in [2.75, 3.05) is 5.43 Å². The van der Waals surface area contributed by atoms with Crippen LogP contribution in [0.5, 0.6) is 0 Å². The molecule has 2 heterocycles. The first-order valence-corrected chi connectivity index (χ1v) is 5.12. The maximum atomic E-state index is 10.7. The number of anilines is 1. The Hall–Kier alpha value is -2.70. The van der Waals surface area contributed by atoms with Gasteiger partial charge in [-0.25, -0.2) is 4.98 Å². The summed E-state index contributed by atoms with van der Waals surface area (Å²) in [6.45, 7) is 1.81. The summed E-state index contributed by atoms with van der Waals surface area (Å²) in [5.41, 5.74) is 2.37. The van der Waals surface area contributed by atoms with E-state index in [9.17, 15) is 10.1 Å². The van der Waals surface area contributed by atoms with Crippen molar-refractivity contribution in [2.45, 2.75) is 6.92 Å². The fourth-order valence-corrected chi connectivity index (χ4v) is 1.31. The highest BCUT2D eigenvalue weighted by atomic mass is 16.6. The summed E-state index contributed by atoms with van der Waals surface area (Å²) in [6.07, 6.45) is 2.87. The number of aryl methyl sites for hydroxylation is 1. The number of hydrogen-bond donors (Lipinski definition) is 1. The van der Waals surface area contributed by atoms with Gasteiger partial charge in [-0.05, 0) is 25.1 Å². The Morgan fingerprint density at radius 1 is 1.50 bits per heavy atom. The van der Waals surface area contributed by atoms with E-state index in [1.165, 1.54) is 24.5 Å². The Morgan fingerprint density at radius 3 is 3.00 bits per heavy atom. The second kappa shape index (κ2) is 5.09. The molecule has 0 bridgehead atoms. The standard InChI is InChI=1S/C11H10N4O3/c1-8-4-5-9(18-8)7-13-14-11-10(15(16)17)3-2-6-12-11/h2-7H,1H3,(H,12,14)/b13-7-. The Kier molecular flexibility index (Phi) is 3.33. The number of hydrogen-bond acceptors (Lipinski definition) is 6. The van der Waals surface area contributed by atoms with Crippen molar-refractivity contribution in [3.63, 3.8) is 0 Å². The van der Waals surface area contributed by atoms with Crippen molar-refractivity contribution >= 4 is 17.7 Å². The molecule has 0 saturated carbocycles. The van der Waals surface area contributed by atoms with E-state index in [0.717, 1.165) is 5.76 Å². The monoisotopic (exact) mass is 246 g/mol. The van der Waals surface area contributed by atoms with Crippen LogP contribution in [0.2, 0.25) is 0 Å². The second-order valence-corrected chi connectivity index (χ2v) is 3.45. The van der Waals surface area contributed by atoms with Gasteiger partial charge in [0.2, 0.25) is 5.82 Å². The second-order valence-electron chi connectivity index (χ2n) is 3.45. The van der Waals surface area contributed by atoms with E-state index in [1.54, 1.807) is 12.1 Å². The number of hydrazone groups is 1. The van der Waals surface area contributed by atoms with Gasteiger partial charge in [-0.3, -0.25) is 15.5 Å². The van der Waals surface area contributed by atoms with Crippen molar-refractivity contribution < 1.29 is 9.34 Å². The number of nitrogens with one attached hydrogen (secondary N) is 1. The first-order valence-electron chi connectivity index (χ1n) is 5.12. The molecule has 1 N–H and O–H groups in total. The van der Waals surface area contributed by atoms with Crippen molar-refractivity contribution in [1.82, 2.24) is 4.98 Å². The third-order valence-corrected chi connectivity index (χ3v) is 2.11. The minimum Gasteiger partial charge on any atom is -0.460 e. The molecule has 92 valence electrons. The van der Waals surface area contributed by atoms with Gasteiger partial charge in [-0.15, -0.1) is 0 Å². The van der Waals surface area contributed by atoms with E-state index < -0.39 is 4.92 Å². The van der Waals surface area contributed by atoms with E-state index in [1.807, 2.05) is 6.92 Å². The van der Waals surface area contributed by atoms with Gasteiger partial charge < -0.3 is 4.42 Å². The molecule has 0 aliphatic heterocycles. The lowest BCUT2D eigenvalue weighted by Crippen LogP contribution is -1.98. The molecule has 0 fully saturated rings. The largest absolute Gasteiger partial charge is 0.460 e. The predicted octanol–water partition coefficient (Wildman–Crippen LogP) is 2.34. The van der Waals surface area contributed by atoms with Crippen LogP contribution in [0.1, 0.15) is 11.5 Å². The number of nitrogens with zero attached hydrogens (tertiary/aromatic N) is 3. The summed E-state index contributed by atoms with van der Waals surface area (Å²) in [6, 6.07) is 6.38. The van der Waals surface area contributed by atoms with E-state index in [2.05, 4.69) is 15.5 Å². The topological polar surface area (TPSA) is 93.6 Å². The molecule has 7 nitrogen and oxygen atoms in total. The Balaban J connectivity index is 2.11. The predicted molar refractivity (Wildman–Crippen MR) is 65.6 cm³/mol. The average Bonchev–Trinajstić information content (AvgIpc) is 2.75. The molecule has 0 unspecified atom stereocenters. The third kappa shape index (κ3) is 2.70. The van der Waals surface area contributed by atoms with Crippen LogP contribution in [0.15, 0.2) is 40.0 Å². The fraction of sp³-hybridized carbons (Fsp3) is 0.0909. The van der Waals surface area contributed by atoms with Gasteiger partial charge in [-0.2, -0.15) is 5.10 Å². The van der Waals surface area contributed by atoms with Crippen LogP contribution in [-0.4, -0.2) is 16.1 Å². The van der Waals surface area contributed by atoms with Crippen molar-refractivity contribution in [2.24, 2.45) is 5.10 Å². The third-order valence-electron chi connectivity index (χ3n) is 2.11.